The number of rotatable bonds is 8. The number of carbonyl (C=O) groups excluding carboxylic acids is 1. The van der Waals surface area contributed by atoms with E-state index < -0.39 is 4.92 Å². The summed E-state index contributed by atoms with van der Waals surface area (Å²) >= 11 is 6.52. The first-order valence-electron chi connectivity index (χ1n) is 9.36. The van der Waals surface area contributed by atoms with Gasteiger partial charge in [-0.1, -0.05) is 36.1 Å². The molecule has 3 rings (SSSR count). The summed E-state index contributed by atoms with van der Waals surface area (Å²) in [6, 6.07) is 9.54. The largest absolute Gasteiger partial charge is 0.493 e. The number of nitrogens with zero attached hydrogens (tertiary/aromatic N) is 2. The number of hydrogen-bond donors (Lipinski definition) is 0. The Kier molecular flexibility index (Phi) is 7.09. The Labute approximate surface area is 189 Å². The zero-order chi connectivity index (χ0) is 22.5. The van der Waals surface area contributed by atoms with Crippen LogP contribution in [0.2, 0.25) is 0 Å². The van der Waals surface area contributed by atoms with Gasteiger partial charge in [0.2, 0.25) is 0 Å². The third-order valence-corrected chi connectivity index (χ3v) is 5.71. The molecule has 1 aliphatic rings. The summed E-state index contributed by atoms with van der Waals surface area (Å²) in [6.45, 7) is 6.12. The number of non-ortho nitro benzene ring substituents is 1. The Hall–Kier alpha value is -3.17. The number of amides is 1. The second-order valence-electron chi connectivity index (χ2n) is 6.43. The Morgan fingerprint density at radius 3 is 2.74 bits per heavy atom. The van der Waals surface area contributed by atoms with Crippen LogP contribution in [0.15, 0.2) is 54.0 Å². The fourth-order valence-electron chi connectivity index (χ4n) is 3.16. The van der Waals surface area contributed by atoms with Gasteiger partial charge in [-0.3, -0.25) is 19.8 Å². The molecule has 1 amide bonds. The predicted octanol–water partition coefficient (Wildman–Crippen LogP) is 5.14. The number of nitro benzene ring substituents is 1. The zero-order valence-electron chi connectivity index (χ0n) is 17.0. The quantitative estimate of drug-likeness (QED) is 0.179. The van der Waals surface area contributed by atoms with Crippen LogP contribution in [-0.2, 0) is 11.2 Å². The summed E-state index contributed by atoms with van der Waals surface area (Å²) in [5.41, 5.74) is 1.88. The molecule has 1 heterocycles. The minimum atomic E-state index is -0.509. The molecule has 0 unspecified atom stereocenters. The maximum Gasteiger partial charge on any atom is 0.271 e. The highest BCUT2D eigenvalue weighted by Gasteiger charge is 2.34. The molecule has 160 valence electrons. The van der Waals surface area contributed by atoms with Gasteiger partial charge in [-0.25, -0.2) is 0 Å². The van der Waals surface area contributed by atoms with E-state index in [0.29, 0.717) is 39.4 Å². The van der Waals surface area contributed by atoms with Crippen molar-refractivity contribution in [3.8, 4) is 11.5 Å². The van der Waals surface area contributed by atoms with Crippen molar-refractivity contribution in [2.45, 2.75) is 13.3 Å². The van der Waals surface area contributed by atoms with Crippen molar-refractivity contribution in [2.75, 3.05) is 18.6 Å². The van der Waals surface area contributed by atoms with Gasteiger partial charge in [-0.05, 0) is 43.2 Å². The SMILES string of the molecule is C=CCc1cc(/C=C2\SC(=S)N(c3cccc([N+](=O)[O-])c3)C2=O)cc(OCC)c1OC. The number of ether oxygens (including phenoxy) is 2. The van der Waals surface area contributed by atoms with Gasteiger partial charge >= 0.3 is 0 Å². The van der Waals surface area contributed by atoms with Crippen LogP contribution < -0.4 is 14.4 Å². The van der Waals surface area contributed by atoms with E-state index in [1.165, 1.54) is 23.1 Å². The molecule has 1 fully saturated rings. The van der Waals surface area contributed by atoms with Crippen molar-refractivity contribution in [3.05, 3.63) is 75.2 Å². The molecule has 0 aliphatic carbocycles. The second kappa shape index (κ2) is 9.76. The lowest BCUT2D eigenvalue weighted by atomic mass is 10.0. The maximum atomic E-state index is 13.1. The number of benzene rings is 2. The lowest BCUT2D eigenvalue weighted by Gasteiger charge is -2.15. The van der Waals surface area contributed by atoms with E-state index in [2.05, 4.69) is 6.58 Å². The Morgan fingerprint density at radius 1 is 1.32 bits per heavy atom. The number of thiocarbonyl (C=S) groups is 1. The molecule has 0 atom stereocenters. The number of carbonyl (C=O) groups is 1. The topological polar surface area (TPSA) is 81.9 Å². The first kappa shape index (κ1) is 22.5. The number of thioether (sulfide) groups is 1. The summed E-state index contributed by atoms with van der Waals surface area (Å²) in [5.74, 6) is 0.863. The highest BCUT2D eigenvalue weighted by molar-refractivity contribution is 8.27. The molecular weight excluding hydrogens is 436 g/mol. The first-order chi connectivity index (χ1) is 14.9. The fraction of sp³-hybridized carbons (Fsp3) is 0.182. The van der Waals surface area contributed by atoms with Gasteiger partial charge < -0.3 is 9.47 Å². The molecule has 2 aromatic carbocycles. The molecule has 9 heteroatoms. The Balaban J connectivity index is 2.00. The molecule has 0 bridgehead atoms. The smallest absolute Gasteiger partial charge is 0.271 e. The summed E-state index contributed by atoms with van der Waals surface area (Å²) in [6.07, 6.45) is 4.06. The van der Waals surface area contributed by atoms with Gasteiger partial charge in [-0.2, -0.15) is 0 Å². The van der Waals surface area contributed by atoms with Crippen LogP contribution in [-0.4, -0.2) is 28.9 Å². The molecule has 0 saturated carbocycles. The summed E-state index contributed by atoms with van der Waals surface area (Å²) < 4.78 is 11.5. The summed E-state index contributed by atoms with van der Waals surface area (Å²) in [4.78, 5) is 25.3. The van der Waals surface area contributed by atoms with Crippen molar-refractivity contribution in [1.82, 2.24) is 0 Å². The molecule has 1 saturated heterocycles. The van der Waals surface area contributed by atoms with Gasteiger partial charge in [0, 0.05) is 17.7 Å². The van der Waals surface area contributed by atoms with Gasteiger partial charge in [0.15, 0.2) is 15.8 Å². The molecule has 0 spiro atoms. The van der Waals surface area contributed by atoms with Gasteiger partial charge in [0.25, 0.3) is 11.6 Å². The fourth-order valence-corrected chi connectivity index (χ4v) is 4.45. The van der Waals surface area contributed by atoms with Gasteiger partial charge in [0.05, 0.1) is 29.2 Å². The monoisotopic (exact) mass is 456 g/mol. The standard InChI is InChI=1S/C22H20N2O5S2/c1-4-7-15-10-14(11-18(29-5-2)20(15)28-3)12-19-21(25)23(22(30)31-19)16-8-6-9-17(13-16)24(26)27/h4,6,8-13H,1,5,7H2,2-3H3/b19-12-. The molecule has 2 aromatic rings. The van der Waals surface area contributed by atoms with Crippen LogP contribution in [0.1, 0.15) is 18.1 Å². The lowest BCUT2D eigenvalue weighted by molar-refractivity contribution is -0.384. The van der Waals surface area contributed by atoms with Crippen LogP contribution >= 0.6 is 24.0 Å². The van der Waals surface area contributed by atoms with Crippen LogP contribution in [0.5, 0.6) is 11.5 Å². The minimum absolute atomic E-state index is 0.110. The molecule has 0 radical (unpaired) electrons. The molecular formula is C22H20N2O5S2. The first-order valence-corrected chi connectivity index (χ1v) is 10.6. The van der Waals surface area contributed by atoms with Crippen molar-refractivity contribution in [3.63, 3.8) is 0 Å². The number of hydrogen-bond acceptors (Lipinski definition) is 7. The number of anilines is 1. The van der Waals surface area contributed by atoms with E-state index >= 15 is 0 Å². The Bertz CT molecular complexity index is 1100. The molecule has 31 heavy (non-hydrogen) atoms. The number of methoxy groups -OCH3 is 1. The van der Waals surface area contributed by atoms with E-state index in [1.54, 1.807) is 31.4 Å². The minimum Gasteiger partial charge on any atom is -0.493 e. The van der Waals surface area contributed by atoms with E-state index in [0.717, 1.165) is 22.9 Å². The number of nitro groups is 1. The average molecular weight is 457 g/mol. The lowest BCUT2D eigenvalue weighted by Crippen LogP contribution is -2.27. The van der Waals surface area contributed by atoms with Crippen molar-refractivity contribution in [2.24, 2.45) is 0 Å². The second-order valence-corrected chi connectivity index (χ2v) is 8.11. The number of allylic oxidation sites excluding steroid dienone is 1. The Morgan fingerprint density at radius 2 is 2.10 bits per heavy atom. The third kappa shape index (κ3) is 4.78. The van der Waals surface area contributed by atoms with Crippen LogP contribution in [0.25, 0.3) is 6.08 Å². The summed E-state index contributed by atoms with van der Waals surface area (Å²) in [5, 5.41) is 11.1. The highest BCUT2D eigenvalue weighted by atomic mass is 32.2. The van der Waals surface area contributed by atoms with E-state index in [4.69, 9.17) is 21.7 Å². The highest BCUT2D eigenvalue weighted by Crippen LogP contribution is 2.39. The maximum absolute atomic E-state index is 13.1. The van der Waals surface area contributed by atoms with E-state index in [1.807, 2.05) is 13.0 Å². The third-order valence-electron chi connectivity index (χ3n) is 4.41. The van der Waals surface area contributed by atoms with E-state index in [-0.39, 0.29) is 11.6 Å². The average Bonchev–Trinajstić information content (AvgIpc) is 3.01. The van der Waals surface area contributed by atoms with Crippen molar-refractivity contribution < 1.29 is 19.2 Å². The normalized spacial score (nSPS) is 14.8. The van der Waals surface area contributed by atoms with Crippen molar-refractivity contribution >= 4 is 51.7 Å². The van der Waals surface area contributed by atoms with Gasteiger partial charge in [-0.15, -0.1) is 6.58 Å². The molecule has 0 aromatic heterocycles. The molecule has 0 N–H and O–H groups in total. The molecule has 1 aliphatic heterocycles. The van der Waals surface area contributed by atoms with Crippen LogP contribution in [0.4, 0.5) is 11.4 Å². The summed E-state index contributed by atoms with van der Waals surface area (Å²) in [7, 11) is 1.58. The van der Waals surface area contributed by atoms with E-state index in [9.17, 15) is 14.9 Å². The van der Waals surface area contributed by atoms with Crippen LogP contribution in [0, 0.1) is 10.1 Å². The van der Waals surface area contributed by atoms with Crippen molar-refractivity contribution in [1.29, 1.82) is 0 Å². The molecule has 7 nitrogen and oxygen atoms in total. The predicted molar refractivity (Wildman–Crippen MR) is 127 cm³/mol. The van der Waals surface area contributed by atoms with Gasteiger partial charge in [0.1, 0.15) is 0 Å². The van der Waals surface area contributed by atoms with Crippen LogP contribution in [0.3, 0.4) is 0 Å². The zero-order valence-corrected chi connectivity index (χ0v) is 18.6.